The van der Waals surface area contributed by atoms with E-state index in [-0.39, 0.29) is 0 Å². The summed E-state index contributed by atoms with van der Waals surface area (Å²) in [5.41, 5.74) is 8.00. The van der Waals surface area contributed by atoms with Gasteiger partial charge in [0.25, 0.3) is 0 Å². The quantitative estimate of drug-likeness (QED) is 0.580. The Hall–Kier alpha value is -3.25. The van der Waals surface area contributed by atoms with Crippen molar-refractivity contribution in [3.63, 3.8) is 0 Å². The first kappa shape index (κ1) is 15.3. The van der Waals surface area contributed by atoms with Crippen LogP contribution >= 0.6 is 11.6 Å². The Labute approximate surface area is 148 Å². The standard InChI is InChI=1S/C18H13ClN6/c19-12-3-1-2-11(10-12)16-24-17(22-13-6-8-21-9-7-13)14-4-5-15(20)23-18(14)25-16/h1-10H,(H3,20,21,22,23,24,25). The average Bonchev–Trinajstić information content (AvgIpc) is 2.62. The van der Waals surface area contributed by atoms with Crippen molar-refractivity contribution < 1.29 is 0 Å². The average molecular weight is 349 g/mol. The number of fused-ring (bicyclic) bond motifs is 1. The Kier molecular flexibility index (Phi) is 3.87. The highest BCUT2D eigenvalue weighted by Gasteiger charge is 2.11. The Morgan fingerprint density at radius 2 is 1.76 bits per heavy atom. The molecule has 122 valence electrons. The van der Waals surface area contributed by atoms with Crippen LogP contribution in [0.25, 0.3) is 22.4 Å². The van der Waals surface area contributed by atoms with Gasteiger partial charge in [0.1, 0.15) is 11.6 Å². The largest absolute Gasteiger partial charge is 0.384 e. The first-order valence-corrected chi connectivity index (χ1v) is 7.94. The van der Waals surface area contributed by atoms with E-state index in [2.05, 4.69) is 25.3 Å². The van der Waals surface area contributed by atoms with Gasteiger partial charge in [0.05, 0.1) is 5.39 Å². The molecule has 0 unspecified atom stereocenters. The highest BCUT2D eigenvalue weighted by Crippen LogP contribution is 2.28. The molecule has 0 fully saturated rings. The summed E-state index contributed by atoms with van der Waals surface area (Å²) in [4.78, 5) is 17.5. The summed E-state index contributed by atoms with van der Waals surface area (Å²) in [6.07, 6.45) is 3.42. The molecule has 4 aromatic rings. The van der Waals surface area contributed by atoms with Crippen LogP contribution < -0.4 is 11.1 Å². The second-order valence-electron chi connectivity index (χ2n) is 5.37. The fraction of sp³-hybridized carbons (Fsp3) is 0. The minimum atomic E-state index is 0.401. The third kappa shape index (κ3) is 3.20. The molecule has 3 heterocycles. The van der Waals surface area contributed by atoms with Crippen LogP contribution in [-0.4, -0.2) is 19.9 Å². The van der Waals surface area contributed by atoms with Crippen molar-refractivity contribution in [3.05, 3.63) is 65.9 Å². The number of aromatic nitrogens is 4. The molecule has 0 radical (unpaired) electrons. The summed E-state index contributed by atoms with van der Waals surface area (Å²) in [5.74, 6) is 1.56. The van der Waals surface area contributed by atoms with Gasteiger partial charge in [-0.25, -0.2) is 15.0 Å². The molecule has 3 N–H and O–H groups in total. The van der Waals surface area contributed by atoms with Gasteiger partial charge in [-0.3, -0.25) is 4.98 Å². The van der Waals surface area contributed by atoms with Crippen molar-refractivity contribution in [2.24, 2.45) is 0 Å². The highest BCUT2D eigenvalue weighted by atomic mass is 35.5. The van der Waals surface area contributed by atoms with E-state index in [4.69, 9.17) is 17.3 Å². The molecule has 0 atom stereocenters. The maximum Gasteiger partial charge on any atom is 0.167 e. The third-order valence-electron chi connectivity index (χ3n) is 3.61. The number of halogens is 1. The van der Waals surface area contributed by atoms with Crippen molar-refractivity contribution in [1.82, 2.24) is 19.9 Å². The van der Waals surface area contributed by atoms with Crippen LogP contribution in [0.15, 0.2) is 60.9 Å². The van der Waals surface area contributed by atoms with Crippen molar-refractivity contribution in [2.45, 2.75) is 0 Å². The second kappa shape index (κ2) is 6.33. The number of hydrogen-bond acceptors (Lipinski definition) is 6. The van der Waals surface area contributed by atoms with Crippen molar-refractivity contribution in [1.29, 1.82) is 0 Å². The Balaban J connectivity index is 1.90. The molecule has 0 aliphatic rings. The first-order valence-electron chi connectivity index (χ1n) is 7.56. The number of benzene rings is 1. The molecule has 0 saturated carbocycles. The van der Waals surface area contributed by atoms with Crippen LogP contribution in [0.5, 0.6) is 0 Å². The van der Waals surface area contributed by atoms with Gasteiger partial charge >= 0.3 is 0 Å². The van der Waals surface area contributed by atoms with Gasteiger partial charge in [0.2, 0.25) is 0 Å². The zero-order valence-corrected chi connectivity index (χ0v) is 13.8. The molecule has 1 aromatic carbocycles. The Bertz CT molecular complexity index is 1050. The fourth-order valence-electron chi connectivity index (χ4n) is 2.45. The molecule has 0 aliphatic carbocycles. The lowest BCUT2D eigenvalue weighted by Crippen LogP contribution is -2.01. The van der Waals surface area contributed by atoms with E-state index in [9.17, 15) is 0 Å². The van der Waals surface area contributed by atoms with Crippen LogP contribution in [0, 0.1) is 0 Å². The summed E-state index contributed by atoms with van der Waals surface area (Å²) in [6, 6.07) is 14.7. The second-order valence-corrected chi connectivity index (χ2v) is 5.81. The van der Waals surface area contributed by atoms with Gasteiger partial charge in [-0.15, -0.1) is 0 Å². The Morgan fingerprint density at radius 3 is 2.56 bits per heavy atom. The molecular formula is C18H13ClN6. The zero-order valence-electron chi connectivity index (χ0n) is 13.0. The van der Waals surface area contributed by atoms with Gasteiger partial charge in [-0.2, -0.15) is 0 Å². The number of hydrogen-bond donors (Lipinski definition) is 2. The number of pyridine rings is 2. The van der Waals surface area contributed by atoms with E-state index in [0.717, 1.165) is 16.6 Å². The van der Waals surface area contributed by atoms with E-state index in [1.165, 1.54) is 0 Å². The predicted octanol–water partition coefficient (Wildman–Crippen LogP) is 4.07. The zero-order chi connectivity index (χ0) is 17.2. The normalized spacial score (nSPS) is 10.8. The summed E-state index contributed by atoms with van der Waals surface area (Å²) in [6.45, 7) is 0. The smallest absolute Gasteiger partial charge is 0.167 e. The monoisotopic (exact) mass is 348 g/mol. The van der Waals surface area contributed by atoms with Gasteiger partial charge < -0.3 is 11.1 Å². The fourth-order valence-corrected chi connectivity index (χ4v) is 2.64. The van der Waals surface area contributed by atoms with Crippen LogP contribution in [0.1, 0.15) is 0 Å². The number of nitrogen functional groups attached to an aromatic ring is 1. The molecule has 7 heteroatoms. The van der Waals surface area contributed by atoms with E-state index in [1.807, 2.05) is 36.4 Å². The lowest BCUT2D eigenvalue weighted by Gasteiger charge is -2.11. The molecule has 0 aliphatic heterocycles. The molecule has 3 aromatic heterocycles. The van der Waals surface area contributed by atoms with Gasteiger partial charge in [0, 0.05) is 28.7 Å². The molecule has 0 amide bonds. The minimum absolute atomic E-state index is 0.401. The van der Waals surface area contributed by atoms with Crippen LogP contribution in [0.3, 0.4) is 0 Å². The van der Waals surface area contributed by atoms with Gasteiger partial charge in [-0.1, -0.05) is 23.7 Å². The lowest BCUT2D eigenvalue weighted by molar-refractivity contribution is 1.19. The summed E-state index contributed by atoms with van der Waals surface area (Å²) >= 11 is 6.09. The van der Waals surface area contributed by atoms with Crippen LogP contribution in [0.4, 0.5) is 17.3 Å². The maximum absolute atomic E-state index is 6.09. The van der Waals surface area contributed by atoms with E-state index in [1.54, 1.807) is 24.5 Å². The molecule has 4 rings (SSSR count). The molecule has 25 heavy (non-hydrogen) atoms. The van der Waals surface area contributed by atoms with Crippen LogP contribution in [-0.2, 0) is 0 Å². The van der Waals surface area contributed by atoms with Crippen molar-refractivity contribution in [3.8, 4) is 11.4 Å². The van der Waals surface area contributed by atoms with E-state index >= 15 is 0 Å². The number of anilines is 3. The molecule has 6 nitrogen and oxygen atoms in total. The van der Waals surface area contributed by atoms with Gasteiger partial charge in [-0.05, 0) is 36.4 Å². The minimum Gasteiger partial charge on any atom is -0.384 e. The van der Waals surface area contributed by atoms with E-state index < -0.39 is 0 Å². The SMILES string of the molecule is Nc1ccc2c(Nc3ccncc3)nc(-c3cccc(Cl)c3)nc2n1. The number of nitrogens with zero attached hydrogens (tertiary/aromatic N) is 4. The topological polar surface area (TPSA) is 89.6 Å². The molecular weight excluding hydrogens is 336 g/mol. The number of nitrogens with two attached hydrogens (primary N) is 1. The summed E-state index contributed by atoms with van der Waals surface area (Å²) in [5, 5.41) is 4.68. The Morgan fingerprint density at radius 1 is 0.920 bits per heavy atom. The number of nitrogens with one attached hydrogen (secondary N) is 1. The lowest BCUT2D eigenvalue weighted by atomic mass is 10.2. The maximum atomic E-state index is 6.09. The highest BCUT2D eigenvalue weighted by molar-refractivity contribution is 6.30. The molecule has 0 saturated heterocycles. The van der Waals surface area contributed by atoms with E-state index in [0.29, 0.717) is 28.1 Å². The van der Waals surface area contributed by atoms with Gasteiger partial charge in [0.15, 0.2) is 11.5 Å². The van der Waals surface area contributed by atoms with Crippen LogP contribution in [0.2, 0.25) is 5.02 Å². The van der Waals surface area contributed by atoms with Crippen molar-refractivity contribution in [2.75, 3.05) is 11.1 Å². The molecule has 0 spiro atoms. The predicted molar refractivity (Wildman–Crippen MR) is 99.7 cm³/mol. The van der Waals surface area contributed by atoms with Crippen molar-refractivity contribution >= 4 is 40.0 Å². The summed E-state index contributed by atoms with van der Waals surface area (Å²) in [7, 11) is 0. The first-order chi connectivity index (χ1) is 12.2. The summed E-state index contributed by atoms with van der Waals surface area (Å²) < 4.78 is 0. The molecule has 0 bridgehead atoms. The third-order valence-corrected chi connectivity index (χ3v) is 3.84. The number of rotatable bonds is 3.